The first-order valence-corrected chi connectivity index (χ1v) is 5.19. The second-order valence-corrected chi connectivity index (χ2v) is 3.62. The molecule has 0 aliphatic heterocycles. The van der Waals surface area contributed by atoms with Crippen LogP contribution in [0.3, 0.4) is 0 Å². The molecule has 0 fully saturated rings. The van der Waals surface area contributed by atoms with Gasteiger partial charge in [-0.25, -0.2) is 4.39 Å². The van der Waals surface area contributed by atoms with Gasteiger partial charge in [-0.05, 0) is 26.0 Å². The minimum atomic E-state index is -0.369. The van der Waals surface area contributed by atoms with E-state index in [2.05, 4.69) is 11.8 Å². The van der Waals surface area contributed by atoms with E-state index in [1.165, 1.54) is 12.1 Å². The highest BCUT2D eigenvalue weighted by atomic mass is 19.1. The Morgan fingerprint density at radius 1 is 1.38 bits per heavy atom. The summed E-state index contributed by atoms with van der Waals surface area (Å²) in [6, 6.07) is 4.36. The number of rotatable bonds is 3. The largest absolute Gasteiger partial charge is 0.491 e. The fourth-order valence-electron chi connectivity index (χ4n) is 1.20. The molecule has 0 unspecified atom stereocenters. The van der Waals surface area contributed by atoms with Crippen molar-refractivity contribution in [1.29, 1.82) is 0 Å². The number of ether oxygens (including phenoxy) is 1. The lowest BCUT2D eigenvalue weighted by Crippen LogP contribution is -2.05. The van der Waals surface area contributed by atoms with E-state index >= 15 is 0 Å². The molecule has 0 spiro atoms. The van der Waals surface area contributed by atoms with Gasteiger partial charge in [-0.2, -0.15) is 0 Å². The van der Waals surface area contributed by atoms with Gasteiger partial charge < -0.3 is 9.84 Å². The van der Waals surface area contributed by atoms with Gasteiger partial charge >= 0.3 is 0 Å². The summed E-state index contributed by atoms with van der Waals surface area (Å²) in [4.78, 5) is 0. The maximum absolute atomic E-state index is 13.2. The topological polar surface area (TPSA) is 29.5 Å². The first-order valence-electron chi connectivity index (χ1n) is 5.19. The molecule has 3 heteroatoms. The highest BCUT2D eigenvalue weighted by molar-refractivity contribution is 5.40. The van der Waals surface area contributed by atoms with Crippen molar-refractivity contribution in [2.24, 2.45) is 0 Å². The molecule has 0 aliphatic rings. The lowest BCUT2D eigenvalue weighted by Gasteiger charge is -2.09. The predicted octanol–water partition coefficient (Wildman–Crippen LogP) is 2.35. The summed E-state index contributed by atoms with van der Waals surface area (Å²) < 4.78 is 18.6. The predicted molar refractivity (Wildman–Crippen MR) is 60.7 cm³/mol. The zero-order valence-electron chi connectivity index (χ0n) is 9.46. The van der Waals surface area contributed by atoms with E-state index in [0.717, 1.165) is 0 Å². The number of benzene rings is 1. The van der Waals surface area contributed by atoms with Crippen LogP contribution in [0.2, 0.25) is 0 Å². The van der Waals surface area contributed by atoms with Gasteiger partial charge in [0, 0.05) is 18.1 Å². The highest BCUT2D eigenvalue weighted by Gasteiger charge is 2.02. The Hall–Kier alpha value is -1.53. The van der Waals surface area contributed by atoms with Crippen LogP contribution in [0, 0.1) is 17.7 Å². The van der Waals surface area contributed by atoms with Crippen molar-refractivity contribution in [2.45, 2.75) is 26.4 Å². The van der Waals surface area contributed by atoms with Gasteiger partial charge in [0.15, 0.2) is 0 Å². The van der Waals surface area contributed by atoms with Gasteiger partial charge in [0.25, 0.3) is 0 Å². The zero-order chi connectivity index (χ0) is 12.0. The van der Waals surface area contributed by atoms with Gasteiger partial charge in [-0.1, -0.05) is 11.8 Å². The van der Waals surface area contributed by atoms with Gasteiger partial charge in [-0.3, -0.25) is 0 Å². The molecular formula is C13H15FO2. The first-order chi connectivity index (χ1) is 7.61. The van der Waals surface area contributed by atoms with E-state index in [1.54, 1.807) is 6.07 Å². The van der Waals surface area contributed by atoms with Crippen LogP contribution in [-0.2, 0) is 0 Å². The second kappa shape index (κ2) is 6.14. The number of hydrogen-bond acceptors (Lipinski definition) is 2. The molecule has 2 nitrogen and oxygen atoms in total. The minimum absolute atomic E-state index is 0.0000472. The van der Waals surface area contributed by atoms with Crippen LogP contribution in [0.15, 0.2) is 18.2 Å². The highest BCUT2D eigenvalue weighted by Crippen LogP contribution is 2.17. The summed E-state index contributed by atoms with van der Waals surface area (Å²) in [6.07, 6.45) is 0.386. The monoisotopic (exact) mass is 222 g/mol. The Kier molecular flexibility index (Phi) is 4.81. The molecule has 1 aromatic carbocycles. The van der Waals surface area contributed by atoms with Crippen LogP contribution in [0.25, 0.3) is 0 Å². The summed E-state index contributed by atoms with van der Waals surface area (Å²) in [6.45, 7) is 3.77. The zero-order valence-corrected chi connectivity index (χ0v) is 9.46. The molecule has 0 saturated carbocycles. The summed E-state index contributed by atoms with van der Waals surface area (Å²) in [5, 5.41) is 8.57. The molecule has 16 heavy (non-hydrogen) atoms. The van der Waals surface area contributed by atoms with Crippen molar-refractivity contribution >= 4 is 0 Å². The molecule has 0 aliphatic carbocycles. The van der Waals surface area contributed by atoms with E-state index in [4.69, 9.17) is 9.84 Å². The minimum Gasteiger partial charge on any atom is -0.491 e. The number of hydrogen-bond donors (Lipinski definition) is 1. The lowest BCUT2D eigenvalue weighted by atomic mass is 10.2. The molecule has 0 amide bonds. The fourth-order valence-corrected chi connectivity index (χ4v) is 1.20. The Morgan fingerprint density at radius 2 is 2.12 bits per heavy atom. The third-order valence-electron chi connectivity index (χ3n) is 1.71. The first kappa shape index (κ1) is 12.5. The number of halogens is 1. The van der Waals surface area contributed by atoms with Crippen molar-refractivity contribution in [2.75, 3.05) is 6.61 Å². The molecule has 0 atom stereocenters. The van der Waals surface area contributed by atoms with Crippen molar-refractivity contribution in [3.63, 3.8) is 0 Å². The smallest absolute Gasteiger partial charge is 0.128 e. The SMILES string of the molecule is CC(C)Oc1cc(F)cc(C#CCCO)c1. The molecule has 0 heterocycles. The second-order valence-electron chi connectivity index (χ2n) is 3.62. The maximum Gasteiger partial charge on any atom is 0.128 e. The van der Waals surface area contributed by atoms with E-state index in [9.17, 15) is 4.39 Å². The molecule has 86 valence electrons. The van der Waals surface area contributed by atoms with Gasteiger partial charge in [0.2, 0.25) is 0 Å². The van der Waals surface area contributed by atoms with Gasteiger partial charge in [0.05, 0.1) is 12.7 Å². The summed E-state index contributed by atoms with van der Waals surface area (Å²) >= 11 is 0. The Morgan fingerprint density at radius 3 is 2.75 bits per heavy atom. The molecule has 0 bridgehead atoms. The fraction of sp³-hybridized carbons (Fsp3) is 0.385. The van der Waals surface area contributed by atoms with Crippen molar-refractivity contribution in [3.05, 3.63) is 29.6 Å². The van der Waals surface area contributed by atoms with Gasteiger partial charge in [0.1, 0.15) is 11.6 Å². The van der Waals surface area contributed by atoms with E-state index in [0.29, 0.717) is 17.7 Å². The lowest BCUT2D eigenvalue weighted by molar-refractivity contribution is 0.241. The van der Waals surface area contributed by atoms with E-state index < -0.39 is 0 Å². The van der Waals surface area contributed by atoms with E-state index in [-0.39, 0.29) is 18.5 Å². The summed E-state index contributed by atoms with van der Waals surface area (Å²) in [5.41, 5.74) is 0.559. The van der Waals surface area contributed by atoms with Crippen LogP contribution < -0.4 is 4.74 Å². The summed E-state index contributed by atoms with van der Waals surface area (Å²) in [7, 11) is 0. The van der Waals surface area contributed by atoms with Crippen molar-refractivity contribution < 1.29 is 14.2 Å². The van der Waals surface area contributed by atoms with Crippen molar-refractivity contribution in [1.82, 2.24) is 0 Å². The van der Waals surface area contributed by atoms with Gasteiger partial charge in [-0.15, -0.1) is 0 Å². The van der Waals surface area contributed by atoms with E-state index in [1.807, 2.05) is 13.8 Å². The molecule has 0 aromatic heterocycles. The third kappa shape index (κ3) is 4.33. The number of aliphatic hydroxyl groups is 1. The molecular weight excluding hydrogens is 207 g/mol. The average Bonchev–Trinajstić information content (AvgIpc) is 2.16. The quantitative estimate of drug-likeness (QED) is 0.795. The molecule has 0 radical (unpaired) electrons. The average molecular weight is 222 g/mol. The van der Waals surface area contributed by atoms with Crippen LogP contribution in [0.5, 0.6) is 5.75 Å². The Bertz CT molecular complexity index is 402. The summed E-state index contributed by atoms with van der Waals surface area (Å²) in [5.74, 6) is 5.61. The maximum atomic E-state index is 13.2. The van der Waals surface area contributed by atoms with Crippen LogP contribution in [0.1, 0.15) is 25.8 Å². The molecule has 1 rings (SSSR count). The number of aliphatic hydroxyl groups excluding tert-OH is 1. The normalized spacial score (nSPS) is 9.81. The molecule has 0 saturated heterocycles. The Balaban J connectivity index is 2.86. The molecule has 1 N–H and O–H groups in total. The van der Waals surface area contributed by atoms with Crippen LogP contribution in [-0.4, -0.2) is 17.8 Å². The van der Waals surface area contributed by atoms with Crippen LogP contribution in [0.4, 0.5) is 4.39 Å². The van der Waals surface area contributed by atoms with Crippen molar-refractivity contribution in [3.8, 4) is 17.6 Å². The standard InChI is InChI=1S/C13H15FO2/c1-10(2)16-13-8-11(5-3-4-6-15)7-12(14)9-13/h7-10,15H,4,6H2,1-2H3. The Labute approximate surface area is 95.1 Å². The third-order valence-corrected chi connectivity index (χ3v) is 1.71. The molecule has 1 aromatic rings. The van der Waals surface area contributed by atoms with Crippen LogP contribution >= 0.6 is 0 Å².